The molecule has 0 unspecified atom stereocenters. The summed E-state index contributed by atoms with van der Waals surface area (Å²) in [4.78, 5) is 25.3. The SMILES string of the molecule is CCN1CCc2nc3ccccc3c(C(=O)Nc3nc(-c4ccc(Br)cc4)cs3)c2C1. The molecule has 156 valence electrons. The Morgan fingerprint density at radius 3 is 2.77 bits per heavy atom. The molecular formula is C24H21BrN4OS. The van der Waals surface area contributed by atoms with Gasteiger partial charge < -0.3 is 0 Å². The number of fused-ring (bicyclic) bond motifs is 2. The van der Waals surface area contributed by atoms with Crippen LogP contribution in [-0.4, -0.2) is 33.9 Å². The van der Waals surface area contributed by atoms with Crippen LogP contribution in [0, 0.1) is 0 Å². The van der Waals surface area contributed by atoms with Gasteiger partial charge in [0.15, 0.2) is 5.13 Å². The average molecular weight is 493 g/mol. The molecule has 0 aliphatic carbocycles. The van der Waals surface area contributed by atoms with E-state index in [1.165, 1.54) is 11.3 Å². The zero-order chi connectivity index (χ0) is 21.4. The van der Waals surface area contributed by atoms with Crippen molar-refractivity contribution in [2.24, 2.45) is 0 Å². The Bertz CT molecular complexity index is 1270. The molecule has 0 spiro atoms. The molecule has 0 saturated heterocycles. The van der Waals surface area contributed by atoms with Gasteiger partial charge in [-0.2, -0.15) is 0 Å². The van der Waals surface area contributed by atoms with Gasteiger partial charge in [0.05, 0.1) is 16.8 Å². The molecule has 1 aliphatic heterocycles. The summed E-state index contributed by atoms with van der Waals surface area (Å²) in [6.07, 6.45) is 0.860. The van der Waals surface area contributed by atoms with E-state index in [0.717, 1.165) is 69.5 Å². The number of rotatable bonds is 4. The van der Waals surface area contributed by atoms with E-state index in [2.05, 4.69) is 38.1 Å². The van der Waals surface area contributed by atoms with Crippen molar-refractivity contribution in [2.45, 2.75) is 19.9 Å². The first-order valence-electron chi connectivity index (χ1n) is 10.3. The zero-order valence-corrected chi connectivity index (χ0v) is 19.5. The molecule has 5 nitrogen and oxygen atoms in total. The van der Waals surface area contributed by atoms with Gasteiger partial charge in [-0.1, -0.05) is 53.2 Å². The number of anilines is 1. The summed E-state index contributed by atoms with van der Waals surface area (Å²) in [5.41, 5.74) is 5.53. The van der Waals surface area contributed by atoms with Crippen LogP contribution in [0.3, 0.4) is 0 Å². The summed E-state index contributed by atoms with van der Waals surface area (Å²) >= 11 is 4.90. The van der Waals surface area contributed by atoms with Gasteiger partial charge >= 0.3 is 0 Å². The van der Waals surface area contributed by atoms with Gasteiger partial charge in [-0.05, 0) is 24.7 Å². The van der Waals surface area contributed by atoms with Gasteiger partial charge in [-0.3, -0.25) is 20.0 Å². The van der Waals surface area contributed by atoms with Gasteiger partial charge in [-0.15, -0.1) is 11.3 Å². The summed E-state index contributed by atoms with van der Waals surface area (Å²) in [5, 5.41) is 6.51. The number of carbonyl (C=O) groups is 1. The number of benzene rings is 2. The molecule has 1 N–H and O–H groups in total. The molecule has 0 saturated carbocycles. The van der Waals surface area contributed by atoms with Crippen molar-refractivity contribution in [3.05, 3.63) is 75.2 Å². The molecule has 0 fully saturated rings. The summed E-state index contributed by atoms with van der Waals surface area (Å²) in [6.45, 7) is 4.82. The van der Waals surface area contributed by atoms with E-state index in [4.69, 9.17) is 4.98 Å². The normalized spacial score (nSPS) is 13.9. The van der Waals surface area contributed by atoms with Crippen molar-refractivity contribution in [3.63, 3.8) is 0 Å². The molecular weight excluding hydrogens is 472 g/mol. The van der Waals surface area contributed by atoms with Gasteiger partial charge in [-0.25, -0.2) is 4.98 Å². The molecule has 5 rings (SSSR count). The molecule has 0 bridgehead atoms. The highest BCUT2D eigenvalue weighted by atomic mass is 79.9. The number of carbonyl (C=O) groups excluding carboxylic acids is 1. The highest BCUT2D eigenvalue weighted by Gasteiger charge is 2.25. The van der Waals surface area contributed by atoms with Crippen LogP contribution in [0.15, 0.2) is 58.4 Å². The standard InChI is InChI=1S/C24H21BrN4OS/c1-2-29-12-11-20-18(13-29)22(17-5-3-4-6-19(17)26-20)23(30)28-24-27-21(14-31-24)15-7-9-16(25)10-8-15/h3-10,14H,2,11-13H2,1H3,(H,27,28,30). The Hall–Kier alpha value is -2.61. The third-order valence-electron chi connectivity index (χ3n) is 5.66. The highest BCUT2D eigenvalue weighted by molar-refractivity contribution is 9.10. The second kappa shape index (κ2) is 8.49. The maximum absolute atomic E-state index is 13.5. The Morgan fingerprint density at radius 1 is 1.16 bits per heavy atom. The molecule has 1 aliphatic rings. The Kier molecular flexibility index (Phi) is 5.56. The topological polar surface area (TPSA) is 58.1 Å². The van der Waals surface area contributed by atoms with E-state index >= 15 is 0 Å². The predicted octanol–water partition coefficient (Wildman–Crippen LogP) is 5.75. The van der Waals surface area contributed by atoms with Crippen LogP contribution in [0.25, 0.3) is 22.2 Å². The fraction of sp³-hybridized carbons (Fsp3) is 0.208. The molecule has 3 heterocycles. The van der Waals surface area contributed by atoms with Crippen LogP contribution in [0.2, 0.25) is 0 Å². The van der Waals surface area contributed by atoms with Crippen LogP contribution < -0.4 is 5.32 Å². The lowest BCUT2D eigenvalue weighted by atomic mass is 9.95. The average Bonchev–Trinajstić information content (AvgIpc) is 3.25. The van der Waals surface area contributed by atoms with Gasteiger partial charge in [0.1, 0.15) is 0 Å². The molecule has 7 heteroatoms. The van der Waals surface area contributed by atoms with Crippen LogP contribution in [0.5, 0.6) is 0 Å². The molecule has 2 aromatic heterocycles. The van der Waals surface area contributed by atoms with Gasteiger partial charge in [0.25, 0.3) is 5.91 Å². The van der Waals surface area contributed by atoms with E-state index in [9.17, 15) is 4.79 Å². The smallest absolute Gasteiger partial charge is 0.258 e. The minimum atomic E-state index is -0.121. The maximum atomic E-state index is 13.5. The Morgan fingerprint density at radius 2 is 1.97 bits per heavy atom. The second-order valence-electron chi connectivity index (χ2n) is 7.55. The summed E-state index contributed by atoms with van der Waals surface area (Å²) in [6, 6.07) is 15.9. The minimum Gasteiger partial charge on any atom is -0.299 e. The first kappa shape index (κ1) is 20.3. The second-order valence-corrected chi connectivity index (χ2v) is 9.32. The lowest BCUT2D eigenvalue weighted by Crippen LogP contribution is -2.33. The maximum Gasteiger partial charge on any atom is 0.258 e. The van der Waals surface area contributed by atoms with E-state index in [1.807, 2.05) is 53.9 Å². The lowest BCUT2D eigenvalue weighted by Gasteiger charge is -2.29. The summed E-state index contributed by atoms with van der Waals surface area (Å²) in [5.74, 6) is -0.121. The van der Waals surface area contributed by atoms with Crippen LogP contribution in [-0.2, 0) is 13.0 Å². The third kappa shape index (κ3) is 4.01. The van der Waals surface area contributed by atoms with Crippen LogP contribution >= 0.6 is 27.3 Å². The van der Waals surface area contributed by atoms with Crippen LogP contribution in [0.1, 0.15) is 28.5 Å². The number of para-hydroxylation sites is 1. The molecule has 0 atom stereocenters. The van der Waals surface area contributed by atoms with Crippen molar-refractivity contribution in [1.82, 2.24) is 14.9 Å². The summed E-state index contributed by atoms with van der Waals surface area (Å²) < 4.78 is 1.02. The molecule has 0 radical (unpaired) electrons. The fourth-order valence-corrected chi connectivity index (χ4v) is 5.00. The van der Waals surface area contributed by atoms with Crippen molar-refractivity contribution in [3.8, 4) is 11.3 Å². The lowest BCUT2D eigenvalue weighted by molar-refractivity contribution is 0.102. The van der Waals surface area contributed by atoms with Gasteiger partial charge in [0.2, 0.25) is 0 Å². The minimum absolute atomic E-state index is 0.121. The number of nitrogens with one attached hydrogen (secondary N) is 1. The number of halogens is 1. The third-order valence-corrected chi connectivity index (χ3v) is 6.95. The number of pyridine rings is 1. The van der Waals surface area contributed by atoms with E-state index in [-0.39, 0.29) is 5.91 Å². The van der Waals surface area contributed by atoms with Crippen molar-refractivity contribution in [2.75, 3.05) is 18.4 Å². The zero-order valence-electron chi connectivity index (χ0n) is 17.1. The van der Waals surface area contributed by atoms with E-state index < -0.39 is 0 Å². The van der Waals surface area contributed by atoms with Crippen molar-refractivity contribution in [1.29, 1.82) is 0 Å². The number of nitrogens with zero attached hydrogens (tertiary/aromatic N) is 3. The number of amides is 1. The Labute approximate surface area is 193 Å². The molecule has 31 heavy (non-hydrogen) atoms. The number of thiazole rings is 1. The predicted molar refractivity (Wildman–Crippen MR) is 130 cm³/mol. The van der Waals surface area contributed by atoms with Crippen molar-refractivity contribution < 1.29 is 4.79 Å². The number of likely N-dealkylation sites (N-methyl/N-ethyl adjacent to an activating group) is 1. The first-order chi connectivity index (χ1) is 15.1. The highest BCUT2D eigenvalue weighted by Crippen LogP contribution is 2.30. The number of hydrogen-bond donors (Lipinski definition) is 1. The van der Waals surface area contributed by atoms with Crippen molar-refractivity contribution >= 4 is 49.2 Å². The molecule has 4 aromatic rings. The molecule has 1 amide bonds. The Balaban J connectivity index is 1.51. The number of aromatic nitrogens is 2. The quantitative estimate of drug-likeness (QED) is 0.393. The van der Waals surface area contributed by atoms with Crippen LogP contribution in [0.4, 0.5) is 5.13 Å². The molecule has 2 aromatic carbocycles. The summed E-state index contributed by atoms with van der Waals surface area (Å²) in [7, 11) is 0. The largest absolute Gasteiger partial charge is 0.299 e. The fourth-order valence-electron chi connectivity index (χ4n) is 4.02. The van der Waals surface area contributed by atoms with Gasteiger partial charge in [0, 0.05) is 51.6 Å². The number of hydrogen-bond acceptors (Lipinski definition) is 5. The van der Waals surface area contributed by atoms with E-state index in [1.54, 1.807) is 0 Å². The monoisotopic (exact) mass is 492 g/mol. The first-order valence-corrected chi connectivity index (χ1v) is 12.0. The van der Waals surface area contributed by atoms with E-state index in [0.29, 0.717) is 5.13 Å².